The smallest absolute Gasteiger partial charge is 0.293 e. The largest absolute Gasteiger partial charge is 0.374 e. The standard InChI is InChI=1S/C17H23N5O2S/c1-21-5-4-18-15(17(21)23)19-8-13-10-22(6-7-24-13)11-14-9-20-16(25-14)12-2-3-12/h4-5,9,12-13H,2-3,6-8,10-11H2,1H3,(H,18,19). The topological polar surface area (TPSA) is 72.3 Å². The molecular formula is C17H23N5O2S. The number of nitrogens with one attached hydrogen (secondary N) is 1. The minimum absolute atomic E-state index is 0.0521. The van der Waals surface area contributed by atoms with Crippen molar-refractivity contribution in [2.45, 2.75) is 31.4 Å². The number of aryl methyl sites for hydroxylation is 1. The summed E-state index contributed by atoms with van der Waals surface area (Å²) >= 11 is 1.85. The summed E-state index contributed by atoms with van der Waals surface area (Å²) in [7, 11) is 1.72. The van der Waals surface area contributed by atoms with Gasteiger partial charge >= 0.3 is 0 Å². The molecule has 134 valence electrons. The SMILES string of the molecule is Cn1ccnc(NCC2CN(Cc3cnc(C4CC4)s3)CCO2)c1=O. The maximum atomic E-state index is 12.0. The van der Waals surface area contributed by atoms with Gasteiger partial charge in [0.1, 0.15) is 0 Å². The van der Waals surface area contributed by atoms with Gasteiger partial charge in [-0.05, 0) is 12.8 Å². The Morgan fingerprint density at radius 3 is 3.12 bits per heavy atom. The summed E-state index contributed by atoms with van der Waals surface area (Å²) in [5.41, 5.74) is -0.118. The number of nitrogens with zero attached hydrogens (tertiary/aromatic N) is 4. The Hall–Kier alpha value is -1.77. The number of hydrogen-bond donors (Lipinski definition) is 1. The van der Waals surface area contributed by atoms with Gasteiger partial charge in [0, 0.05) is 62.6 Å². The molecule has 1 saturated heterocycles. The Kier molecular flexibility index (Phi) is 4.82. The normalized spacial score (nSPS) is 21.4. The van der Waals surface area contributed by atoms with E-state index >= 15 is 0 Å². The average Bonchev–Trinajstić information content (AvgIpc) is 3.37. The summed E-state index contributed by atoms with van der Waals surface area (Å²) in [4.78, 5) is 24.4. The third-order valence-corrected chi connectivity index (χ3v) is 5.76. The second-order valence-electron chi connectivity index (χ2n) is 6.74. The zero-order valence-electron chi connectivity index (χ0n) is 14.4. The molecule has 0 spiro atoms. The summed E-state index contributed by atoms with van der Waals surface area (Å²) in [6.45, 7) is 3.99. The van der Waals surface area contributed by atoms with Crippen LogP contribution in [0.5, 0.6) is 0 Å². The zero-order valence-corrected chi connectivity index (χ0v) is 15.2. The molecule has 2 fully saturated rings. The highest BCUT2D eigenvalue weighted by Gasteiger charge is 2.27. The quantitative estimate of drug-likeness (QED) is 0.839. The number of rotatable bonds is 6. The fraction of sp³-hybridized carbons (Fsp3) is 0.588. The number of thiazole rings is 1. The molecule has 1 aliphatic carbocycles. The first-order valence-electron chi connectivity index (χ1n) is 8.73. The van der Waals surface area contributed by atoms with E-state index in [-0.39, 0.29) is 11.7 Å². The highest BCUT2D eigenvalue weighted by atomic mass is 32.1. The summed E-state index contributed by atoms with van der Waals surface area (Å²) < 4.78 is 7.36. The van der Waals surface area contributed by atoms with Crippen molar-refractivity contribution in [3.63, 3.8) is 0 Å². The first-order valence-corrected chi connectivity index (χ1v) is 9.55. The summed E-state index contributed by atoms with van der Waals surface area (Å²) in [5, 5.41) is 4.43. The van der Waals surface area contributed by atoms with Crippen molar-refractivity contribution < 1.29 is 4.74 Å². The van der Waals surface area contributed by atoms with E-state index in [2.05, 4.69) is 20.2 Å². The lowest BCUT2D eigenvalue weighted by Crippen LogP contribution is -2.45. The Morgan fingerprint density at radius 1 is 1.40 bits per heavy atom. The van der Waals surface area contributed by atoms with Crippen LogP contribution in [0.4, 0.5) is 5.82 Å². The Labute approximate surface area is 150 Å². The molecule has 1 saturated carbocycles. The Morgan fingerprint density at radius 2 is 2.28 bits per heavy atom. The summed E-state index contributed by atoms with van der Waals surface area (Å²) in [6, 6.07) is 0. The third-order valence-electron chi connectivity index (χ3n) is 4.61. The number of anilines is 1. The van der Waals surface area contributed by atoms with E-state index in [1.54, 1.807) is 19.4 Å². The van der Waals surface area contributed by atoms with Crippen molar-refractivity contribution >= 4 is 17.2 Å². The van der Waals surface area contributed by atoms with Gasteiger partial charge in [-0.3, -0.25) is 9.69 Å². The molecule has 1 atom stereocenters. The van der Waals surface area contributed by atoms with Crippen LogP contribution in [0.1, 0.15) is 28.6 Å². The van der Waals surface area contributed by atoms with E-state index in [1.165, 1.54) is 27.3 Å². The van der Waals surface area contributed by atoms with Gasteiger partial charge in [0.25, 0.3) is 5.56 Å². The molecule has 3 heterocycles. The molecule has 4 rings (SSSR count). The van der Waals surface area contributed by atoms with Crippen LogP contribution in [0, 0.1) is 0 Å². The van der Waals surface area contributed by atoms with Gasteiger partial charge < -0.3 is 14.6 Å². The average molecular weight is 361 g/mol. The molecule has 0 radical (unpaired) electrons. The van der Waals surface area contributed by atoms with E-state index in [1.807, 2.05) is 17.5 Å². The van der Waals surface area contributed by atoms with Crippen molar-refractivity contribution in [3.8, 4) is 0 Å². The first kappa shape index (κ1) is 16.7. The van der Waals surface area contributed by atoms with Crippen LogP contribution < -0.4 is 10.9 Å². The van der Waals surface area contributed by atoms with Crippen LogP contribution in [-0.4, -0.2) is 51.8 Å². The van der Waals surface area contributed by atoms with E-state index in [0.717, 1.165) is 25.6 Å². The Bertz CT molecular complexity index is 785. The summed E-state index contributed by atoms with van der Waals surface area (Å²) in [5.74, 6) is 1.10. The van der Waals surface area contributed by atoms with E-state index in [9.17, 15) is 4.79 Å². The highest BCUT2D eigenvalue weighted by molar-refractivity contribution is 7.11. The van der Waals surface area contributed by atoms with E-state index in [4.69, 9.17) is 4.74 Å². The van der Waals surface area contributed by atoms with Crippen LogP contribution in [0.25, 0.3) is 0 Å². The van der Waals surface area contributed by atoms with Gasteiger partial charge in [0.15, 0.2) is 5.82 Å². The lowest BCUT2D eigenvalue weighted by molar-refractivity contribution is -0.0237. The van der Waals surface area contributed by atoms with Gasteiger partial charge in [-0.15, -0.1) is 11.3 Å². The highest BCUT2D eigenvalue weighted by Crippen LogP contribution is 2.41. The predicted octanol–water partition coefficient (Wildman–Crippen LogP) is 1.43. The maximum absolute atomic E-state index is 12.0. The van der Waals surface area contributed by atoms with Crippen LogP contribution in [0.2, 0.25) is 0 Å². The monoisotopic (exact) mass is 361 g/mol. The molecule has 2 aromatic heterocycles. The number of hydrogen-bond acceptors (Lipinski definition) is 7. The maximum Gasteiger partial charge on any atom is 0.293 e. The molecule has 1 unspecified atom stereocenters. The number of ether oxygens (including phenoxy) is 1. The molecule has 25 heavy (non-hydrogen) atoms. The van der Waals surface area contributed by atoms with Gasteiger partial charge in [0.05, 0.1) is 17.7 Å². The first-order chi connectivity index (χ1) is 12.2. The zero-order chi connectivity index (χ0) is 17.2. The van der Waals surface area contributed by atoms with Crippen LogP contribution in [0.15, 0.2) is 23.4 Å². The van der Waals surface area contributed by atoms with Gasteiger partial charge in [-0.25, -0.2) is 9.97 Å². The molecule has 1 N–H and O–H groups in total. The molecule has 8 heteroatoms. The number of aromatic nitrogens is 3. The van der Waals surface area contributed by atoms with Crippen molar-refractivity contribution in [2.24, 2.45) is 7.05 Å². The third kappa shape index (κ3) is 4.08. The van der Waals surface area contributed by atoms with Crippen LogP contribution >= 0.6 is 11.3 Å². The fourth-order valence-electron chi connectivity index (χ4n) is 3.01. The minimum Gasteiger partial charge on any atom is -0.374 e. The lowest BCUT2D eigenvalue weighted by atomic mass is 10.2. The van der Waals surface area contributed by atoms with Crippen molar-refractivity contribution in [1.29, 1.82) is 0 Å². The molecule has 7 nitrogen and oxygen atoms in total. The van der Waals surface area contributed by atoms with Gasteiger partial charge in [-0.1, -0.05) is 0 Å². The minimum atomic E-state index is -0.118. The predicted molar refractivity (Wildman–Crippen MR) is 97.1 cm³/mol. The second kappa shape index (κ2) is 7.23. The molecule has 0 bridgehead atoms. The van der Waals surface area contributed by atoms with Crippen molar-refractivity contribution in [1.82, 2.24) is 19.4 Å². The number of morpholine rings is 1. The van der Waals surface area contributed by atoms with E-state index in [0.29, 0.717) is 19.0 Å². The molecule has 1 aliphatic heterocycles. The van der Waals surface area contributed by atoms with Crippen molar-refractivity contribution in [2.75, 3.05) is 31.6 Å². The van der Waals surface area contributed by atoms with Gasteiger partial charge in [0.2, 0.25) is 0 Å². The summed E-state index contributed by atoms with van der Waals surface area (Å²) in [6.07, 6.45) is 7.95. The Balaban J connectivity index is 1.31. The lowest BCUT2D eigenvalue weighted by Gasteiger charge is -2.32. The molecule has 2 aromatic rings. The van der Waals surface area contributed by atoms with Gasteiger partial charge in [-0.2, -0.15) is 0 Å². The second-order valence-corrected chi connectivity index (χ2v) is 7.89. The van der Waals surface area contributed by atoms with Crippen molar-refractivity contribution in [3.05, 3.63) is 38.8 Å². The molecular weight excluding hydrogens is 338 g/mol. The fourth-order valence-corrected chi connectivity index (χ4v) is 4.14. The van der Waals surface area contributed by atoms with Crippen LogP contribution in [0.3, 0.4) is 0 Å². The molecule has 0 amide bonds. The molecule has 0 aromatic carbocycles. The van der Waals surface area contributed by atoms with Crippen LogP contribution in [-0.2, 0) is 18.3 Å². The van der Waals surface area contributed by atoms with E-state index < -0.39 is 0 Å². The molecule has 2 aliphatic rings.